The fraction of sp³-hybridized carbons (Fsp3) is 1.00. The van der Waals surface area contributed by atoms with Crippen LogP contribution in [0.15, 0.2) is 0 Å². The van der Waals surface area contributed by atoms with Gasteiger partial charge in [0.05, 0.1) is 6.10 Å². The van der Waals surface area contributed by atoms with Crippen molar-refractivity contribution in [3.63, 3.8) is 0 Å². The van der Waals surface area contributed by atoms with E-state index in [1.807, 2.05) is 7.11 Å². The molecule has 1 aliphatic carbocycles. The fourth-order valence-corrected chi connectivity index (χ4v) is 3.90. The van der Waals surface area contributed by atoms with E-state index in [0.717, 1.165) is 11.8 Å². The first-order chi connectivity index (χ1) is 9.76. The third-order valence-electron chi connectivity index (χ3n) is 5.28. The van der Waals surface area contributed by atoms with Crippen molar-refractivity contribution >= 4 is 0 Å². The van der Waals surface area contributed by atoms with E-state index in [1.165, 1.54) is 64.2 Å². The highest BCUT2D eigenvalue weighted by molar-refractivity contribution is 4.85. The number of rotatable bonds is 10. The van der Waals surface area contributed by atoms with Gasteiger partial charge in [0.15, 0.2) is 0 Å². The predicted molar refractivity (Wildman–Crippen MR) is 88.1 cm³/mol. The van der Waals surface area contributed by atoms with Crippen molar-refractivity contribution in [2.75, 3.05) is 14.2 Å². The van der Waals surface area contributed by atoms with Crippen LogP contribution < -0.4 is 5.32 Å². The zero-order valence-electron chi connectivity index (χ0n) is 14.3. The minimum absolute atomic E-state index is 0.413. The smallest absolute Gasteiger partial charge is 0.0752 e. The van der Waals surface area contributed by atoms with Gasteiger partial charge in [0, 0.05) is 13.2 Å². The van der Waals surface area contributed by atoms with Crippen molar-refractivity contribution in [1.82, 2.24) is 5.32 Å². The molecule has 0 aromatic carbocycles. The normalized spacial score (nSPS) is 21.6. The molecule has 0 aliphatic heterocycles. The molecule has 2 heteroatoms. The Hall–Kier alpha value is -0.0800. The van der Waals surface area contributed by atoms with Crippen LogP contribution in [0.4, 0.5) is 0 Å². The summed E-state index contributed by atoms with van der Waals surface area (Å²) >= 11 is 0. The lowest BCUT2D eigenvalue weighted by molar-refractivity contribution is 0.00341. The summed E-state index contributed by atoms with van der Waals surface area (Å²) in [6.07, 6.45) is 14.0. The number of hydrogen-bond acceptors (Lipinski definition) is 2. The average molecular weight is 284 g/mol. The van der Waals surface area contributed by atoms with Crippen LogP contribution in [0.1, 0.15) is 78.1 Å². The molecule has 0 spiro atoms. The summed E-state index contributed by atoms with van der Waals surface area (Å²) in [4.78, 5) is 0. The lowest BCUT2D eigenvalue weighted by Gasteiger charge is -2.36. The van der Waals surface area contributed by atoms with Crippen molar-refractivity contribution in [2.45, 2.75) is 90.2 Å². The van der Waals surface area contributed by atoms with Gasteiger partial charge in [-0.15, -0.1) is 0 Å². The second-order valence-electron chi connectivity index (χ2n) is 6.65. The van der Waals surface area contributed by atoms with Gasteiger partial charge in [0.1, 0.15) is 0 Å². The first-order valence-corrected chi connectivity index (χ1v) is 8.96. The highest BCUT2D eigenvalue weighted by Crippen LogP contribution is 2.31. The fourth-order valence-electron chi connectivity index (χ4n) is 3.90. The van der Waals surface area contributed by atoms with E-state index >= 15 is 0 Å². The number of methoxy groups -OCH3 is 1. The van der Waals surface area contributed by atoms with Crippen LogP contribution in [-0.4, -0.2) is 26.3 Å². The molecular formula is C18H37NO. The maximum absolute atomic E-state index is 5.93. The molecule has 1 fully saturated rings. The Morgan fingerprint density at radius 1 is 1.15 bits per heavy atom. The van der Waals surface area contributed by atoms with Crippen molar-refractivity contribution < 1.29 is 4.74 Å². The van der Waals surface area contributed by atoms with Gasteiger partial charge in [-0.3, -0.25) is 0 Å². The van der Waals surface area contributed by atoms with Crippen LogP contribution in [0.25, 0.3) is 0 Å². The van der Waals surface area contributed by atoms with Crippen molar-refractivity contribution in [1.29, 1.82) is 0 Å². The number of nitrogens with one attached hydrogen (secondary N) is 1. The highest BCUT2D eigenvalue weighted by atomic mass is 16.5. The van der Waals surface area contributed by atoms with Crippen LogP contribution in [0.5, 0.6) is 0 Å². The Labute approximate surface area is 127 Å². The molecule has 1 aliphatic rings. The van der Waals surface area contributed by atoms with E-state index in [9.17, 15) is 0 Å². The molecule has 0 radical (unpaired) electrons. The molecule has 1 rings (SSSR count). The summed E-state index contributed by atoms with van der Waals surface area (Å²) in [5.41, 5.74) is 0. The van der Waals surface area contributed by atoms with Gasteiger partial charge in [-0.2, -0.15) is 0 Å². The van der Waals surface area contributed by atoms with Crippen LogP contribution in [0, 0.1) is 11.8 Å². The Kier molecular flexibility index (Phi) is 9.54. The molecule has 3 atom stereocenters. The van der Waals surface area contributed by atoms with Crippen LogP contribution in [-0.2, 0) is 4.74 Å². The molecule has 0 heterocycles. The van der Waals surface area contributed by atoms with Crippen LogP contribution >= 0.6 is 0 Å². The number of unbranched alkanes of at least 4 members (excludes halogenated alkanes) is 1. The van der Waals surface area contributed by atoms with Crippen molar-refractivity contribution in [3.8, 4) is 0 Å². The summed E-state index contributed by atoms with van der Waals surface area (Å²) in [7, 11) is 4.03. The minimum Gasteiger partial charge on any atom is -0.380 e. The van der Waals surface area contributed by atoms with Gasteiger partial charge < -0.3 is 10.1 Å². The minimum atomic E-state index is 0.413. The Balaban J connectivity index is 2.55. The first-order valence-electron chi connectivity index (χ1n) is 8.96. The van der Waals surface area contributed by atoms with Gasteiger partial charge in [0.2, 0.25) is 0 Å². The van der Waals surface area contributed by atoms with E-state index < -0.39 is 0 Å². The Morgan fingerprint density at radius 2 is 1.85 bits per heavy atom. The lowest BCUT2D eigenvalue weighted by Crippen LogP contribution is -2.45. The topological polar surface area (TPSA) is 21.3 Å². The standard InChI is InChI=1S/C18H37NO/c1-5-7-11-15(6-2)14-17(19-3)18(20-4)16-12-9-8-10-13-16/h15-19H,5-14H2,1-4H3. The second-order valence-corrected chi connectivity index (χ2v) is 6.65. The molecule has 20 heavy (non-hydrogen) atoms. The second kappa shape index (κ2) is 10.6. The molecule has 1 N–H and O–H groups in total. The first kappa shape index (κ1) is 18.0. The average Bonchev–Trinajstić information content (AvgIpc) is 2.51. The van der Waals surface area contributed by atoms with E-state index in [-0.39, 0.29) is 0 Å². The van der Waals surface area contributed by atoms with Gasteiger partial charge >= 0.3 is 0 Å². The summed E-state index contributed by atoms with van der Waals surface area (Å²) in [6.45, 7) is 4.64. The Bertz CT molecular complexity index is 225. The molecule has 0 bridgehead atoms. The SMILES string of the molecule is CCCCC(CC)CC(NC)C(OC)C1CCCCC1. The molecule has 120 valence electrons. The summed E-state index contributed by atoms with van der Waals surface area (Å²) in [5, 5.41) is 3.57. The quantitative estimate of drug-likeness (QED) is 0.623. The zero-order valence-corrected chi connectivity index (χ0v) is 14.3. The molecule has 0 amide bonds. The Morgan fingerprint density at radius 3 is 2.35 bits per heavy atom. The van der Waals surface area contributed by atoms with Gasteiger partial charge in [-0.1, -0.05) is 58.8 Å². The zero-order chi connectivity index (χ0) is 14.8. The molecular weight excluding hydrogens is 246 g/mol. The van der Waals surface area contributed by atoms with Gasteiger partial charge in [-0.05, 0) is 38.1 Å². The van der Waals surface area contributed by atoms with Crippen molar-refractivity contribution in [3.05, 3.63) is 0 Å². The maximum Gasteiger partial charge on any atom is 0.0752 e. The molecule has 0 aromatic rings. The maximum atomic E-state index is 5.93. The molecule has 0 aromatic heterocycles. The van der Waals surface area contributed by atoms with E-state index in [2.05, 4.69) is 26.2 Å². The third-order valence-corrected chi connectivity index (χ3v) is 5.28. The lowest BCUT2D eigenvalue weighted by atomic mass is 9.79. The summed E-state index contributed by atoms with van der Waals surface area (Å²) in [5.74, 6) is 1.63. The highest BCUT2D eigenvalue weighted by Gasteiger charge is 2.30. The number of hydrogen-bond donors (Lipinski definition) is 1. The predicted octanol–water partition coefficient (Wildman–Crippen LogP) is 4.78. The number of likely N-dealkylation sites (N-methyl/N-ethyl adjacent to an activating group) is 1. The van der Waals surface area contributed by atoms with Gasteiger partial charge in [-0.25, -0.2) is 0 Å². The number of ether oxygens (including phenoxy) is 1. The summed E-state index contributed by atoms with van der Waals surface area (Å²) < 4.78 is 5.93. The third kappa shape index (κ3) is 5.73. The van der Waals surface area contributed by atoms with E-state index in [1.54, 1.807) is 0 Å². The molecule has 0 saturated heterocycles. The van der Waals surface area contributed by atoms with E-state index in [4.69, 9.17) is 4.74 Å². The molecule has 2 nitrogen and oxygen atoms in total. The van der Waals surface area contributed by atoms with Crippen molar-refractivity contribution in [2.24, 2.45) is 11.8 Å². The largest absolute Gasteiger partial charge is 0.380 e. The monoisotopic (exact) mass is 283 g/mol. The molecule has 1 saturated carbocycles. The van der Waals surface area contributed by atoms with E-state index in [0.29, 0.717) is 12.1 Å². The van der Waals surface area contributed by atoms with Crippen LogP contribution in [0.2, 0.25) is 0 Å². The summed E-state index contributed by atoms with van der Waals surface area (Å²) in [6, 6.07) is 0.532. The van der Waals surface area contributed by atoms with Crippen LogP contribution in [0.3, 0.4) is 0 Å². The molecule has 3 unspecified atom stereocenters. The van der Waals surface area contributed by atoms with Gasteiger partial charge in [0.25, 0.3) is 0 Å².